The maximum absolute atomic E-state index is 8.77. The Morgan fingerprint density at radius 2 is 1.79 bits per heavy atom. The molecule has 0 aliphatic rings. The van der Waals surface area contributed by atoms with Crippen molar-refractivity contribution in [3.05, 3.63) is 10.0 Å². The van der Waals surface area contributed by atoms with Gasteiger partial charge in [-0.2, -0.15) is 5.26 Å². The van der Waals surface area contributed by atoms with Gasteiger partial charge in [0.1, 0.15) is 10.9 Å². The number of halogens is 1. The fraction of sp³-hybridized carbons (Fsp3) is 0.714. The van der Waals surface area contributed by atoms with Gasteiger partial charge in [-0.15, -0.1) is 0 Å². The Kier molecular flexibility index (Phi) is 8.61. The molecule has 5 heteroatoms. The van der Waals surface area contributed by atoms with Crippen LogP contribution in [-0.4, -0.2) is 11.5 Å². The summed E-state index contributed by atoms with van der Waals surface area (Å²) < 4.78 is 0. The van der Waals surface area contributed by atoms with Crippen molar-refractivity contribution < 1.29 is 0 Å². The summed E-state index contributed by atoms with van der Waals surface area (Å²) in [4.78, 5) is 4.59. The molecule has 1 heterocycles. The minimum absolute atomic E-state index is 0.311. The SMILES string of the molecule is CCCCCCCCCCNc1nc(Cl)c(C#N)s1. The number of hydrogen-bond donors (Lipinski definition) is 1. The number of nitrogens with one attached hydrogen (secondary N) is 1. The Balaban J connectivity index is 2.00. The highest BCUT2D eigenvalue weighted by atomic mass is 35.5. The fourth-order valence-corrected chi connectivity index (χ4v) is 2.87. The van der Waals surface area contributed by atoms with Crippen LogP contribution in [0, 0.1) is 11.3 Å². The molecule has 0 bridgehead atoms. The molecule has 1 aromatic rings. The second-order valence-electron chi connectivity index (χ2n) is 4.65. The summed E-state index contributed by atoms with van der Waals surface area (Å²) in [5.74, 6) is 0. The highest BCUT2D eigenvalue weighted by molar-refractivity contribution is 7.16. The number of anilines is 1. The fourth-order valence-electron chi connectivity index (χ4n) is 1.90. The van der Waals surface area contributed by atoms with E-state index in [1.807, 2.05) is 6.07 Å². The zero-order valence-electron chi connectivity index (χ0n) is 11.5. The normalized spacial score (nSPS) is 10.4. The summed E-state index contributed by atoms with van der Waals surface area (Å²) in [7, 11) is 0. The van der Waals surface area contributed by atoms with Crippen molar-refractivity contribution in [2.75, 3.05) is 11.9 Å². The van der Waals surface area contributed by atoms with E-state index in [0.29, 0.717) is 10.0 Å². The first-order chi connectivity index (χ1) is 9.27. The van der Waals surface area contributed by atoms with Gasteiger partial charge >= 0.3 is 0 Å². The molecule has 0 spiro atoms. The Hall–Kier alpha value is -0.790. The van der Waals surface area contributed by atoms with E-state index >= 15 is 0 Å². The van der Waals surface area contributed by atoms with Gasteiger partial charge in [-0.1, -0.05) is 74.8 Å². The van der Waals surface area contributed by atoms with Crippen molar-refractivity contribution in [2.45, 2.75) is 58.3 Å². The van der Waals surface area contributed by atoms with Gasteiger partial charge in [0.25, 0.3) is 0 Å². The first-order valence-corrected chi connectivity index (χ1v) is 8.27. The molecule has 3 nitrogen and oxygen atoms in total. The molecule has 0 saturated carbocycles. The molecule has 1 aromatic heterocycles. The van der Waals surface area contributed by atoms with Gasteiger partial charge in [-0.25, -0.2) is 4.98 Å². The van der Waals surface area contributed by atoms with Crippen LogP contribution in [0.3, 0.4) is 0 Å². The average Bonchev–Trinajstić information content (AvgIpc) is 2.77. The molecular formula is C14H22ClN3S. The molecule has 1 N–H and O–H groups in total. The molecule has 0 amide bonds. The molecule has 1 rings (SSSR count). The topological polar surface area (TPSA) is 48.7 Å². The van der Waals surface area contributed by atoms with E-state index < -0.39 is 0 Å². The van der Waals surface area contributed by atoms with Crippen molar-refractivity contribution in [1.29, 1.82) is 5.26 Å². The lowest BCUT2D eigenvalue weighted by atomic mass is 10.1. The quantitative estimate of drug-likeness (QED) is 0.602. The second-order valence-corrected chi connectivity index (χ2v) is 6.01. The maximum atomic E-state index is 8.77. The van der Waals surface area contributed by atoms with E-state index in [-0.39, 0.29) is 0 Å². The number of nitriles is 1. The minimum atomic E-state index is 0.311. The van der Waals surface area contributed by atoms with Gasteiger partial charge in [0, 0.05) is 6.54 Å². The van der Waals surface area contributed by atoms with Gasteiger partial charge in [0.2, 0.25) is 0 Å². The van der Waals surface area contributed by atoms with E-state index in [1.54, 1.807) is 0 Å². The summed E-state index contributed by atoms with van der Waals surface area (Å²) >= 11 is 7.13. The van der Waals surface area contributed by atoms with Crippen LogP contribution in [0.1, 0.15) is 63.2 Å². The van der Waals surface area contributed by atoms with E-state index in [4.69, 9.17) is 16.9 Å². The van der Waals surface area contributed by atoms with Crippen molar-refractivity contribution >= 4 is 28.1 Å². The second kappa shape index (κ2) is 10.1. The van der Waals surface area contributed by atoms with E-state index in [0.717, 1.165) is 18.1 Å². The first kappa shape index (κ1) is 16.3. The number of hydrogen-bond acceptors (Lipinski definition) is 4. The molecular weight excluding hydrogens is 278 g/mol. The molecule has 0 unspecified atom stereocenters. The maximum Gasteiger partial charge on any atom is 0.185 e. The van der Waals surface area contributed by atoms with Crippen molar-refractivity contribution in [2.24, 2.45) is 0 Å². The van der Waals surface area contributed by atoms with Crippen LogP contribution in [0.15, 0.2) is 0 Å². The highest BCUT2D eigenvalue weighted by Crippen LogP contribution is 2.25. The highest BCUT2D eigenvalue weighted by Gasteiger charge is 2.07. The van der Waals surface area contributed by atoms with Crippen molar-refractivity contribution in [1.82, 2.24) is 4.98 Å². The number of rotatable bonds is 10. The number of thiazole rings is 1. The van der Waals surface area contributed by atoms with Crippen LogP contribution >= 0.6 is 22.9 Å². The Labute approximate surface area is 125 Å². The largest absolute Gasteiger partial charge is 0.361 e. The predicted molar refractivity (Wildman–Crippen MR) is 82.9 cm³/mol. The zero-order chi connectivity index (χ0) is 13.9. The third kappa shape index (κ3) is 6.79. The summed E-state index contributed by atoms with van der Waals surface area (Å²) in [6.07, 6.45) is 10.5. The van der Waals surface area contributed by atoms with E-state index in [9.17, 15) is 0 Å². The molecule has 106 valence electrons. The Bertz CT molecular complexity index is 398. The zero-order valence-corrected chi connectivity index (χ0v) is 13.1. The molecule has 0 aliphatic carbocycles. The van der Waals surface area contributed by atoms with Crippen molar-refractivity contribution in [3.63, 3.8) is 0 Å². The van der Waals surface area contributed by atoms with Crippen LogP contribution in [-0.2, 0) is 0 Å². The number of unbranched alkanes of at least 4 members (excludes halogenated alkanes) is 7. The summed E-state index contributed by atoms with van der Waals surface area (Å²) in [6.45, 7) is 3.15. The molecule has 0 radical (unpaired) electrons. The van der Waals surface area contributed by atoms with Gasteiger partial charge in [0.05, 0.1) is 0 Å². The number of aromatic nitrogens is 1. The first-order valence-electron chi connectivity index (χ1n) is 7.08. The van der Waals surface area contributed by atoms with Crippen molar-refractivity contribution in [3.8, 4) is 6.07 Å². The molecule has 0 aliphatic heterocycles. The van der Waals surface area contributed by atoms with Crippen LogP contribution in [0.2, 0.25) is 5.15 Å². The minimum Gasteiger partial charge on any atom is -0.361 e. The molecule has 0 saturated heterocycles. The lowest BCUT2D eigenvalue weighted by Crippen LogP contribution is -2.00. The lowest BCUT2D eigenvalue weighted by molar-refractivity contribution is 0.581. The summed E-state index contributed by atoms with van der Waals surface area (Å²) in [6, 6.07) is 2.03. The molecule has 19 heavy (non-hydrogen) atoms. The monoisotopic (exact) mass is 299 g/mol. The van der Waals surface area contributed by atoms with E-state index in [1.165, 1.54) is 56.3 Å². The van der Waals surface area contributed by atoms with Gasteiger partial charge < -0.3 is 5.32 Å². The number of nitrogens with zero attached hydrogens (tertiary/aromatic N) is 2. The van der Waals surface area contributed by atoms with Crippen LogP contribution in [0.25, 0.3) is 0 Å². The molecule has 0 fully saturated rings. The summed E-state index contributed by atoms with van der Waals surface area (Å²) in [5.41, 5.74) is 0. The van der Waals surface area contributed by atoms with Crippen LogP contribution < -0.4 is 5.32 Å². The lowest BCUT2D eigenvalue weighted by Gasteiger charge is -2.03. The third-order valence-electron chi connectivity index (χ3n) is 2.99. The van der Waals surface area contributed by atoms with Gasteiger partial charge in [0.15, 0.2) is 10.3 Å². The van der Waals surface area contributed by atoms with Crippen LogP contribution in [0.4, 0.5) is 5.13 Å². The van der Waals surface area contributed by atoms with Crippen LogP contribution in [0.5, 0.6) is 0 Å². The molecule has 0 atom stereocenters. The van der Waals surface area contributed by atoms with Gasteiger partial charge in [-0.05, 0) is 6.42 Å². The predicted octanol–water partition coefficient (Wildman–Crippen LogP) is 5.22. The summed E-state index contributed by atoms with van der Waals surface area (Å²) in [5, 5.41) is 13.1. The Morgan fingerprint density at radius 1 is 1.16 bits per heavy atom. The average molecular weight is 300 g/mol. The van der Waals surface area contributed by atoms with Gasteiger partial charge in [-0.3, -0.25) is 0 Å². The molecule has 0 aromatic carbocycles. The third-order valence-corrected chi connectivity index (χ3v) is 4.30. The standard InChI is InChI=1S/C14H22ClN3S/c1-2-3-4-5-6-7-8-9-10-17-14-18-13(15)12(11-16)19-14/h2-10H2,1H3,(H,17,18). The van der Waals surface area contributed by atoms with E-state index in [2.05, 4.69) is 17.2 Å². The smallest absolute Gasteiger partial charge is 0.185 e. The Morgan fingerprint density at radius 3 is 2.37 bits per heavy atom.